The van der Waals surface area contributed by atoms with Gasteiger partial charge in [0.15, 0.2) is 11.0 Å². The summed E-state index contributed by atoms with van der Waals surface area (Å²) in [5, 5.41) is 59.7. The smallest absolute Gasteiger partial charge is 0.269 e. The largest absolute Gasteiger partial charge is 0.410 e. The molecule has 0 radical (unpaired) electrons. The first-order valence-electron chi connectivity index (χ1n) is 23.7. The SMILES string of the molecule is CN(C)C(F)=[N+](C)C.CN(C)C(n1n[n+]([O-])c2ccccc21)=[N+](C)C.CN(C)N(C)C.CN(C)[PH2+]On1nnc2ccccc21.F.F[P-](F)(F)(F)(F)F.F[P-](F)(F)(F)(F)F.F[P-](F)(F)(F)(F)F.O=BP.On1nnc2ccccc21.On1nnc2ccccc21.[3H]F. The van der Waals surface area contributed by atoms with Crippen LogP contribution in [0.15, 0.2) is 97.1 Å². The van der Waals surface area contributed by atoms with Gasteiger partial charge in [0.2, 0.25) is 0 Å². The van der Waals surface area contributed by atoms with Gasteiger partial charge in [-0.05, 0) is 69.0 Å². The van der Waals surface area contributed by atoms with E-state index >= 15 is 0 Å². The van der Waals surface area contributed by atoms with Crippen LogP contribution >= 0.6 is 41.5 Å². The molecule has 0 saturated heterocycles. The van der Waals surface area contributed by atoms with Crippen molar-refractivity contribution < 1.29 is 123 Å². The number of halogens is 21. The zero-order valence-electron chi connectivity index (χ0n) is 50.9. The van der Waals surface area contributed by atoms with E-state index in [1.165, 1.54) is 14.3 Å². The Morgan fingerprint density at radius 1 is 0.560 bits per heavy atom. The third kappa shape index (κ3) is 49.4. The van der Waals surface area contributed by atoms with E-state index in [1.807, 2.05) is 170 Å². The molecule has 526 valence electrons. The van der Waals surface area contributed by atoms with Crippen LogP contribution in [0.5, 0.6) is 0 Å². The molecule has 8 aromatic rings. The zero-order chi connectivity index (χ0) is 72.3. The first-order chi connectivity index (χ1) is 40.5. The molecule has 0 aliphatic rings. The molecule has 0 bridgehead atoms. The number of hydrogen-bond acceptors (Lipinski definition) is 15. The van der Waals surface area contributed by atoms with Crippen molar-refractivity contribution in [3.63, 3.8) is 0 Å². The first kappa shape index (κ1) is 88.2. The summed E-state index contributed by atoms with van der Waals surface area (Å²) >= 11 is 0. The van der Waals surface area contributed by atoms with E-state index in [0.717, 1.165) is 32.2 Å². The molecule has 2 unspecified atom stereocenters. The van der Waals surface area contributed by atoms with E-state index in [4.69, 9.17) is 24.5 Å². The zero-order valence-corrected chi connectivity index (χ0v) is 54.9. The summed E-state index contributed by atoms with van der Waals surface area (Å²) in [7, 11) is -4.06. The number of hydrazine groups is 1. The van der Waals surface area contributed by atoms with Crippen molar-refractivity contribution >= 4 is 105 Å². The summed E-state index contributed by atoms with van der Waals surface area (Å²) in [4.78, 5) is 6.97. The molecule has 91 heavy (non-hydrogen) atoms. The van der Waals surface area contributed by atoms with E-state index in [2.05, 4.69) is 37.6 Å². The Labute approximate surface area is 509 Å². The Kier molecular flexibility index (Phi) is 32.1. The van der Waals surface area contributed by atoms with Gasteiger partial charge in [-0.3, -0.25) is 18.9 Å². The Balaban J connectivity index is -0.000000478. The standard InChI is InChI=1S/C11H16N5O.C8H11N4OP.2C6H5N3O.C5H12FN2.C4H12N2.BH2OP.3F6P.2FH/c1-13(2)11(14(3)4)15-9-7-5-6-8-10(9)16(17)12-15;1-11(2)14-13-12-8-6-4-3-5-7(8)9-10-12;2*10-9-6-4-2-1-3-5(6)7-8-9;1-7(2)5(6)8(3)4;1-5(2)6(3)4;2-1-3;3*1-7(2,3,4,5)6;;/h5-8H,1-4H3;3-6,14H,1-2H3;2*1-4,10H;1-4H3;1-4H3;3H2;;;;2*1H/q+1;;;;+1;;;3*-1;;/p+1/i/hT. The molecule has 0 aliphatic carbocycles. The van der Waals surface area contributed by atoms with E-state index in [0.29, 0.717) is 39.3 Å². The Morgan fingerprint density at radius 3 is 1.13 bits per heavy atom. The number of para-hydroxylation sites is 5. The Bertz CT molecular complexity index is 3390. The van der Waals surface area contributed by atoms with Crippen LogP contribution in [-0.4, -0.2) is 218 Å². The van der Waals surface area contributed by atoms with Crippen molar-refractivity contribution in [2.24, 2.45) is 0 Å². The van der Waals surface area contributed by atoms with Crippen LogP contribution in [0.2, 0.25) is 0 Å². The van der Waals surface area contributed by atoms with E-state index in [-0.39, 0.29) is 19.8 Å². The van der Waals surface area contributed by atoms with Crippen molar-refractivity contribution in [1.82, 2.24) is 79.9 Å². The third-order valence-corrected chi connectivity index (χ3v) is 9.08. The van der Waals surface area contributed by atoms with Crippen molar-refractivity contribution in [2.45, 2.75) is 0 Å². The van der Waals surface area contributed by atoms with Crippen LogP contribution in [0.4, 0.5) is 89.4 Å². The van der Waals surface area contributed by atoms with Gasteiger partial charge in [-0.15, -0.1) is 24.5 Å². The van der Waals surface area contributed by atoms with Crippen LogP contribution in [0.25, 0.3) is 44.1 Å². The monoisotopic (exact) mass is 1460 g/mol. The topological polar surface area (TPSA) is 226 Å². The molecular formula is C40H66BF21N19O5P5. The van der Waals surface area contributed by atoms with Crippen LogP contribution in [-0.2, 0) is 4.70 Å². The van der Waals surface area contributed by atoms with Gasteiger partial charge in [-0.1, -0.05) is 62.9 Å². The second-order valence-corrected chi connectivity index (χ2v) is 25.6. The normalized spacial score (nSPS) is 13.1. The van der Waals surface area contributed by atoms with Crippen molar-refractivity contribution in [3.8, 4) is 0 Å². The van der Waals surface area contributed by atoms with Crippen molar-refractivity contribution in [1.29, 1.82) is 1.45 Å². The Hall–Kier alpha value is -6.96. The molecule has 8 rings (SSSR count). The predicted octanol–water partition coefficient (Wildman–Crippen LogP) is 12.2. The molecule has 0 spiro atoms. The van der Waals surface area contributed by atoms with E-state index in [9.17, 15) is 85.1 Å². The van der Waals surface area contributed by atoms with Gasteiger partial charge < -0.3 is 15.6 Å². The number of amidine groups is 1. The summed E-state index contributed by atoms with van der Waals surface area (Å²) in [5.41, 5.74) is 5.76. The third-order valence-electron chi connectivity index (χ3n) is 8.36. The average Bonchev–Trinajstić information content (AvgIpc) is 1.13. The minimum absolute atomic E-state index is 0. The minimum atomic E-state index is -10.7. The number of benzene rings is 4. The number of rotatable bonds is 4. The maximum Gasteiger partial charge on any atom is 0.269 e. The number of hydrogen-bond donors (Lipinski definition) is 2. The van der Waals surface area contributed by atoms with Crippen molar-refractivity contribution in [2.75, 3.05) is 98.7 Å². The van der Waals surface area contributed by atoms with Gasteiger partial charge in [0.05, 0.1) is 61.6 Å². The summed E-state index contributed by atoms with van der Waals surface area (Å²) in [6, 6.07) is 29.5. The maximum absolute atomic E-state index is 12.4. The van der Waals surface area contributed by atoms with Crippen LogP contribution in [0.3, 0.4) is 0 Å². The van der Waals surface area contributed by atoms with Crippen LogP contribution in [0.1, 0.15) is 0 Å². The van der Waals surface area contributed by atoms with Crippen LogP contribution in [0, 0.1) is 5.21 Å². The fraction of sp³-hybridized carbons (Fsp3) is 0.350. The van der Waals surface area contributed by atoms with Crippen molar-refractivity contribution in [3.05, 3.63) is 102 Å². The second kappa shape index (κ2) is 33.1. The van der Waals surface area contributed by atoms with Gasteiger partial charge >= 0.3 is 132 Å². The minimum Gasteiger partial charge on any atom is -0.410 e. The quantitative estimate of drug-likeness (QED) is 0.0160. The average molecular weight is 1460 g/mol. The molecule has 0 aliphatic heterocycles. The van der Waals surface area contributed by atoms with Gasteiger partial charge in [-0.2, -0.15) is 4.67 Å². The van der Waals surface area contributed by atoms with Crippen LogP contribution < -0.4 is 9.47 Å². The Morgan fingerprint density at radius 2 is 0.857 bits per heavy atom. The van der Waals surface area contributed by atoms with E-state index in [1.54, 1.807) is 63.2 Å². The molecule has 24 nitrogen and oxygen atoms in total. The molecule has 4 aromatic carbocycles. The summed E-state index contributed by atoms with van der Waals surface area (Å²) in [5.74, 6) is 0.829. The predicted molar refractivity (Wildman–Crippen MR) is 313 cm³/mol. The summed E-state index contributed by atoms with van der Waals surface area (Å²) < 4.78 is 224. The maximum atomic E-state index is 12.4. The van der Waals surface area contributed by atoms with E-state index < -0.39 is 23.4 Å². The first-order valence-corrected chi connectivity index (χ1v) is 31.1. The fourth-order valence-corrected chi connectivity index (χ4v) is 5.52. The molecule has 51 heteroatoms. The number of aromatic nitrogens is 12. The summed E-state index contributed by atoms with van der Waals surface area (Å²) in [6.07, 6.45) is -0.231. The van der Waals surface area contributed by atoms with Gasteiger partial charge in [-0.25, -0.2) is 24.1 Å². The second-order valence-electron chi connectivity index (χ2n) is 18.1. The molecular weight excluding hydrogens is 1390 g/mol. The fourth-order valence-electron chi connectivity index (χ4n) is 5.09. The molecule has 4 heterocycles. The molecule has 4 aromatic heterocycles. The molecule has 0 fully saturated rings. The number of fused-ring (bicyclic) bond motifs is 4. The molecule has 2 N–H and O–H groups in total. The van der Waals surface area contributed by atoms with Gasteiger partial charge in [0.1, 0.15) is 33.1 Å². The molecule has 0 saturated carbocycles. The van der Waals surface area contributed by atoms with Gasteiger partial charge in [0.25, 0.3) is 10.4 Å². The molecule has 2 atom stereocenters. The summed E-state index contributed by atoms with van der Waals surface area (Å²) in [6.45, 7) is 0.667. The van der Waals surface area contributed by atoms with Gasteiger partial charge in [0, 0.05) is 42.3 Å². The molecule has 0 amide bonds. The number of nitrogens with zero attached hydrogens (tertiary/aromatic N) is 19.